The van der Waals surface area contributed by atoms with Crippen LogP contribution in [0.25, 0.3) is 5.52 Å². The number of imidazole rings is 1. The molecule has 2 heterocycles. The average molecular weight is 254 g/mol. The molecule has 0 saturated carbocycles. The standard InChI is InChI=1S/C10H12BrN3/c1-7-13-10(11)9-4-2-3-8(5-6-12)14(7)9/h2-4H,5-6,12H2,1H3. The number of pyridine rings is 1. The summed E-state index contributed by atoms with van der Waals surface area (Å²) in [4.78, 5) is 4.37. The van der Waals surface area contributed by atoms with Crippen molar-refractivity contribution in [3.8, 4) is 0 Å². The molecule has 0 aliphatic rings. The number of halogens is 1. The van der Waals surface area contributed by atoms with Gasteiger partial charge in [-0.15, -0.1) is 0 Å². The molecule has 0 aliphatic heterocycles. The van der Waals surface area contributed by atoms with E-state index in [1.807, 2.05) is 19.1 Å². The van der Waals surface area contributed by atoms with Crippen LogP contribution in [0.1, 0.15) is 11.5 Å². The number of hydrogen-bond acceptors (Lipinski definition) is 2. The van der Waals surface area contributed by atoms with E-state index in [-0.39, 0.29) is 0 Å². The highest BCUT2D eigenvalue weighted by atomic mass is 79.9. The van der Waals surface area contributed by atoms with Gasteiger partial charge in [0.2, 0.25) is 0 Å². The number of rotatable bonds is 2. The van der Waals surface area contributed by atoms with Gasteiger partial charge >= 0.3 is 0 Å². The van der Waals surface area contributed by atoms with Crippen molar-refractivity contribution in [2.24, 2.45) is 5.73 Å². The largest absolute Gasteiger partial charge is 0.330 e. The van der Waals surface area contributed by atoms with Gasteiger partial charge in [0.15, 0.2) is 0 Å². The summed E-state index contributed by atoms with van der Waals surface area (Å²) in [5.74, 6) is 0.996. The maximum atomic E-state index is 5.56. The molecule has 4 heteroatoms. The van der Waals surface area contributed by atoms with Gasteiger partial charge < -0.3 is 5.73 Å². The van der Waals surface area contributed by atoms with Crippen LogP contribution in [0.5, 0.6) is 0 Å². The lowest BCUT2D eigenvalue weighted by molar-refractivity contribution is 0.873. The molecule has 0 spiro atoms. The lowest BCUT2D eigenvalue weighted by atomic mass is 10.2. The molecule has 3 nitrogen and oxygen atoms in total. The molecule has 2 aromatic heterocycles. The molecule has 0 aromatic carbocycles. The Bertz CT molecular complexity index is 462. The maximum absolute atomic E-state index is 5.56. The van der Waals surface area contributed by atoms with Crippen molar-refractivity contribution in [2.75, 3.05) is 6.54 Å². The van der Waals surface area contributed by atoms with E-state index >= 15 is 0 Å². The zero-order valence-corrected chi connectivity index (χ0v) is 9.58. The highest BCUT2D eigenvalue weighted by molar-refractivity contribution is 9.10. The fraction of sp³-hybridized carbons (Fsp3) is 0.300. The lowest BCUT2D eigenvalue weighted by Gasteiger charge is -2.05. The van der Waals surface area contributed by atoms with Crippen molar-refractivity contribution in [2.45, 2.75) is 13.3 Å². The predicted octanol–water partition coefficient (Wildman–Crippen LogP) is 1.91. The van der Waals surface area contributed by atoms with E-state index in [1.165, 1.54) is 5.69 Å². The van der Waals surface area contributed by atoms with Crippen LogP contribution in [0.3, 0.4) is 0 Å². The molecule has 2 N–H and O–H groups in total. The monoisotopic (exact) mass is 253 g/mol. The second-order valence-corrected chi connectivity index (χ2v) is 3.98. The zero-order chi connectivity index (χ0) is 10.1. The highest BCUT2D eigenvalue weighted by Crippen LogP contribution is 2.20. The summed E-state index contributed by atoms with van der Waals surface area (Å²) in [5.41, 5.74) is 7.88. The van der Waals surface area contributed by atoms with Gasteiger partial charge in [0.25, 0.3) is 0 Å². The van der Waals surface area contributed by atoms with Gasteiger partial charge in [0.05, 0.1) is 5.52 Å². The van der Waals surface area contributed by atoms with E-state index in [0.29, 0.717) is 6.54 Å². The smallest absolute Gasteiger partial charge is 0.132 e. The molecule has 2 rings (SSSR count). The summed E-state index contributed by atoms with van der Waals surface area (Å²) in [7, 11) is 0. The average Bonchev–Trinajstić information content (AvgIpc) is 2.44. The minimum absolute atomic E-state index is 0.661. The minimum Gasteiger partial charge on any atom is -0.330 e. The van der Waals surface area contributed by atoms with Gasteiger partial charge in [0.1, 0.15) is 10.4 Å². The van der Waals surface area contributed by atoms with Crippen LogP contribution in [0.4, 0.5) is 0 Å². The number of aryl methyl sites for hydroxylation is 1. The summed E-state index contributed by atoms with van der Waals surface area (Å²) in [6, 6.07) is 6.16. The summed E-state index contributed by atoms with van der Waals surface area (Å²) < 4.78 is 3.03. The van der Waals surface area contributed by atoms with E-state index in [4.69, 9.17) is 5.73 Å². The molecule has 14 heavy (non-hydrogen) atoms. The predicted molar refractivity (Wildman–Crippen MR) is 60.4 cm³/mol. The van der Waals surface area contributed by atoms with Crippen LogP contribution in [-0.2, 0) is 6.42 Å². The van der Waals surface area contributed by atoms with Crippen molar-refractivity contribution in [3.63, 3.8) is 0 Å². The van der Waals surface area contributed by atoms with Gasteiger partial charge in [-0.2, -0.15) is 0 Å². The third-order valence-electron chi connectivity index (χ3n) is 2.27. The number of nitrogens with two attached hydrogens (primary N) is 1. The van der Waals surface area contributed by atoms with Gasteiger partial charge in [-0.05, 0) is 41.5 Å². The van der Waals surface area contributed by atoms with Gasteiger partial charge in [0, 0.05) is 12.1 Å². The molecular formula is C10H12BrN3. The van der Waals surface area contributed by atoms with Crippen molar-refractivity contribution >= 4 is 21.4 Å². The molecule has 0 unspecified atom stereocenters. The maximum Gasteiger partial charge on any atom is 0.132 e. The molecule has 0 aliphatic carbocycles. The Kier molecular flexibility index (Phi) is 2.56. The molecule has 2 aromatic rings. The van der Waals surface area contributed by atoms with E-state index in [0.717, 1.165) is 22.4 Å². The Hall–Kier alpha value is -0.870. The van der Waals surface area contributed by atoms with Gasteiger partial charge in [-0.3, -0.25) is 4.40 Å². The summed E-state index contributed by atoms with van der Waals surface area (Å²) >= 11 is 3.44. The SMILES string of the molecule is Cc1nc(Br)c2cccc(CCN)n12. The van der Waals surface area contributed by atoms with Crippen LogP contribution >= 0.6 is 15.9 Å². The normalized spacial score (nSPS) is 11.1. The van der Waals surface area contributed by atoms with E-state index in [2.05, 4.69) is 31.4 Å². The minimum atomic E-state index is 0.661. The first kappa shape index (κ1) is 9.68. The van der Waals surface area contributed by atoms with Crippen molar-refractivity contribution in [1.82, 2.24) is 9.38 Å². The molecule has 0 atom stereocenters. The van der Waals surface area contributed by atoms with Crippen LogP contribution in [0.2, 0.25) is 0 Å². The third-order valence-corrected chi connectivity index (χ3v) is 2.85. The van der Waals surface area contributed by atoms with Crippen LogP contribution in [0, 0.1) is 6.92 Å². The number of fused-ring (bicyclic) bond motifs is 1. The van der Waals surface area contributed by atoms with Crippen molar-refractivity contribution in [1.29, 1.82) is 0 Å². The Morgan fingerprint density at radius 3 is 3.00 bits per heavy atom. The van der Waals surface area contributed by atoms with Crippen LogP contribution < -0.4 is 5.73 Å². The second-order valence-electron chi connectivity index (χ2n) is 3.23. The zero-order valence-electron chi connectivity index (χ0n) is 8.00. The second kappa shape index (κ2) is 3.71. The fourth-order valence-corrected chi connectivity index (χ4v) is 2.26. The molecular weight excluding hydrogens is 242 g/mol. The topological polar surface area (TPSA) is 43.3 Å². The van der Waals surface area contributed by atoms with E-state index in [1.54, 1.807) is 0 Å². The lowest BCUT2D eigenvalue weighted by Crippen LogP contribution is -2.07. The molecule has 0 fully saturated rings. The Balaban J connectivity index is 2.72. The summed E-state index contributed by atoms with van der Waals surface area (Å²) in [5, 5.41) is 0. The first-order valence-electron chi connectivity index (χ1n) is 4.56. The highest BCUT2D eigenvalue weighted by Gasteiger charge is 2.07. The summed E-state index contributed by atoms with van der Waals surface area (Å²) in [6.07, 6.45) is 0.876. The van der Waals surface area contributed by atoms with E-state index < -0.39 is 0 Å². The van der Waals surface area contributed by atoms with Crippen molar-refractivity contribution in [3.05, 3.63) is 34.3 Å². The fourth-order valence-electron chi connectivity index (χ4n) is 1.69. The Morgan fingerprint density at radius 1 is 1.50 bits per heavy atom. The summed E-state index contributed by atoms with van der Waals surface area (Å²) in [6.45, 7) is 2.66. The Morgan fingerprint density at radius 2 is 2.29 bits per heavy atom. The van der Waals surface area contributed by atoms with Gasteiger partial charge in [-0.25, -0.2) is 4.98 Å². The van der Waals surface area contributed by atoms with Crippen LogP contribution in [0.15, 0.2) is 22.8 Å². The van der Waals surface area contributed by atoms with Gasteiger partial charge in [-0.1, -0.05) is 6.07 Å². The van der Waals surface area contributed by atoms with E-state index in [9.17, 15) is 0 Å². The van der Waals surface area contributed by atoms with Crippen LogP contribution in [-0.4, -0.2) is 15.9 Å². The number of hydrogen-bond donors (Lipinski definition) is 1. The third kappa shape index (κ3) is 1.44. The molecule has 0 amide bonds. The van der Waals surface area contributed by atoms with Crippen molar-refractivity contribution < 1.29 is 0 Å². The molecule has 0 radical (unpaired) electrons. The number of aromatic nitrogens is 2. The molecule has 0 bridgehead atoms. The molecule has 74 valence electrons. The number of nitrogens with zero attached hydrogens (tertiary/aromatic N) is 2. The quantitative estimate of drug-likeness (QED) is 0.889. The first-order valence-corrected chi connectivity index (χ1v) is 5.36. The Labute approximate surface area is 91.1 Å². The molecule has 0 saturated heterocycles. The first-order chi connectivity index (χ1) is 6.74.